The van der Waals surface area contributed by atoms with Crippen molar-refractivity contribution in [1.82, 2.24) is 25.3 Å². The van der Waals surface area contributed by atoms with Crippen LogP contribution in [0, 0.1) is 5.41 Å². The highest BCUT2D eigenvalue weighted by Crippen LogP contribution is 2.50. The molecule has 2 aliphatic rings. The molecule has 1 aliphatic carbocycles. The summed E-state index contributed by atoms with van der Waals surface area (Å²) >= 11 is 0. The second-order valence-corrected chi connectivity index (χ2v) is 11.6. The van der Waals surface area contributed by atoms with Gasteiger partial charge in [-0.3, -0.25) is 9.78 Å². The van der Waals surface area contributed by atoms with Gasteiger partial charge in [0, 0.05) is 60.9 Å². The fraction of sp³-hybridized carbons (Fsp3) is 0.517. The zero-order chi connectivity index (χ0) is 28.7. The molecule has 1 aromatic carbocycles. The molecule has 11 heteroatoms. The van der Waals surface area contributed by atoms with Crippen molar-refractivity contribution in [3.63, 3.8) is 0 Å². The summed E-state index contributed by atoms with van der Waals surface area (Å²) < 4.78 is 44.4. The van der Waals surface area contributed by atoms with Gasteiger partial charge in [0.05, 0.1) is 6.42 Å². The normalized spacial score (nSPS) is 22.8. The summed E-state index contributed by atoms with van der Waals surface area (Å²) in [5.74, 6) is 0.950. The molecule has 1 atom stereocenters. The van der Waals surface area contributed by atoms with E-state index in [2.05, 4.69) is 25.3 Å². The molecule has 2 aromatic heterocycles. The first-order chi connectivity index (χ1) is 18.9. The van der Waals surface area contributed by atoms with Crippen molar-refractivity contribution in [1.29, 1.82) is 0 Å². The van der Waals surface area contributed by atoms with Crippen LogP contribution in [-0.4, -0.2) is 63.4 Å². The lowest BCUT2D eigenvalue weighted by Gasteiger charge is -2.55. The third-order valence-corrected chi connectivity index (χ3v) is 8.23. The minimum atomic E-state index is -4.31. The van der Waals surface area contributed by atoms with Crippen molar-refractivity contribution in [2.45, 2.75) is 69.7 Å². The van der Waals surface area contributed by atoms with E-state index in [1.165, 1.54) is 19.1 Å². The molecule has 3 heterocycles. The molecule has 0 spiro atoms. The van der Waals surface area contributed by atoms with Gasteiger partial charge in [0.2, 0.25) is 17.6 Å². The predicted molar refractivity (Wildman–Crippen MR) is 141 cm³/mol. The molecule has 8 nitrogen and oxygen atoms in total. The molecule has 1 saturated heterocycles. The van der Waals surface area contributed by atoms with E-state index < -0.39 is 23.6 Å². The number of nitrogens with zero attached hydrogens (tertiary/aromatic N) is 4. The summed E-state index contributed by atoms with van der Waals surface area (Å²) in [6.07, 6.45) is 1.16. The zero-order valence-electron chi connectivity index (χ0n) is 22.8. The average Bonchev–Trinajstić information content (AvgIpc) is 3.37. The third kappa shape index (κ3) is 5.62. The van der Waals surface area contributed by atoms with Crippen LogP contribution in [0.5, 0.6) is 0 Å². The number of carbonyl (C=O) groups excluding carboxylic acids is 1. The van der Waals surface area contributed by atoms with E-state index in [0.29, 0.717) is 41.5 Å². The molecule has 3 aromatic rings. The number of carbonyl (C=O) groups is 1. The molecule has 1 saturated carbocycles. The number of aliphatic hydroxyl groups is 1. The Bertz CT molecular complexity index is 1350. The molecular formula is C29H34F3N5O3. The highest BCUT2D eigenvalue weighted by atomic mass is 19.4. The zero-order valence-corrected chi connectivity index (χ0v) is 22.8. The van der Waals surface area contributed by atoms with E-state index in [-0.39, 0.29) is 23.4 Å². The fourth-order valence-corrected chi connectivity index (χ4v) is 6.38. The first kappa shape index (κ1) is 28.2. The first-order valence-electron chi connectivity index (χ1n) is 13.5. The number of hydrogen-bond acceptors (Lipinski definition) is 7. The maximum atomic E-state index is 12.9. The number of amides is 1. The van der Waals surface area contributed by atoms with Crippen LogP contribution in [0.1, 0.15) is 68.0 Å². The van der Waals surface area contributed by atoms with Crippen LogP contribution in [0.3, 0.4) is 0 Å². The van der Waals surface area contributed by atoms with Gasteiger partial charge in [-0.1, -0.05) is 36.3 Å². The summed E-state index contributed by atoms with van der Waals surface area (Å²) in [5, 5.41) is 19.5. The molecule has 2 fully saturated rings. The second-order valence-electron chi connectivity index (χ2n) is 11.6. The number of hydrogen-bond donors (Lipinski definition) is 2. The van der Waals surface area contributed by atoms with Crippen molar-refractivity contribution in [3.8, 4) is 11.4 Å². The van der Waals surface area contributed by atoms with Crippen molar-refractivity contribution >= 4 is 5.91 Å². The molecule has 5 rings (SSSR count). The Balaban J connectivity index is 1.42. The minimum absolute atomic E-state index is 0.0319. The summed E-state index contributed by atoms with van der Waals surface area (Å²) in [7, 11) is 1.95. The van der Waals surface area contributed by atoms with E-state index >= 15 is 0 Å². The Morgan fingerprint density at radius 3 is 2.40 bits per heavy atom. The van der Waals surface area contributed by atoms with Crippen molar-refractivity contribution in [2.75, 3.05) is 20.1 Å². The van der Waals surface area contributed by atoms with E-state index in [4.69, 9.17) is 4.52 Å². The Morgan fingerprint density at radius 1 is 1.12 bits per heavy atom. The van der Waals surface area contributed by atoms with E-state index in [9.17, 15) is 23.1 Å². The van der Waals surface area contributed by atoms with Gasteiger partial charge in [0.1, 0.15) is 5.60 Å². The summed E-state index contributed by atoms with van der Waals surface area (Å²) in [4.78, 5) is 22.5. The van der Waals surface area contributed by atoms with Crippen LogP contribution in [0.2, 0.25) is 0 Å². The molecule has 1 aliphatic heterocycles. The first-order valence-corrected chi connectivity index (χ1v) is 13.5. The number of alkyl halides is 3. The SMILES string of the molecule is CC(=O)NC1CCC(c2nc(-c3cncc(C(O)(c4ccc(CC(F)(F)F)cc4)C4(C)CN(C)C4)c3)no2)CC1. The molecule has 2 N–H and O–H groups in total. The molecule has 214 valence electrons. The second kappa shape index (κ2) is 10.6. The predicted octanol–water partition coefficient (Wildman–Crippen LogP) is 4.59. The molecular weight excluding hydrogens is 523 g/mol. The molecule has 1 amide bonds. The standard InChI is InChI=1S/C29H34F3N5O3/c1-18(38)34-24-10-6-20(7-11-24)26-35-25(36-40-26)21-12-23(15-33-14-21)29(39,27(2)16-37(3)17-27)22-8-4-19(5-9-22)13-28(30,31)32/h4-5,8-9,12,14-15,20,24,39H,6-7,10-11,13,16-17H2,1-3H3,(H,34,38). The Kier molecular flexibility index (Phi) is 7.47. The van der Waals surface area contributed by atoms with Gasteiger partial charge in [-0.15, -0.1) is 0 Å². The average molecular weight is 558 g/mol. The van der Waals surface area contributed by atoms with Gasteiger partial charge in [-0.05, 0) is 49.9 Å². The van der Waals surface area contributed by atoms with Crippen molar-refractivity contribution in [3.05, 3.63) is 65.3 Å². The molecule has 0 radical (unpaired) electrons. The Hall–Kier alpha value is -3.31. The van der Waals surface area contributed by atoms with Crippen LogP contribution in [0.25, 0.3) is 11.4 Å². The minimum Gasteiger partial charge on any atom is -0.380 e. The highest BCUT2D eigenvalue weighted by Gasteiger charge is 2.55. The summed E-state index contributed by atoms with van der Waals surface area (Å²) in [5.41, 5.74) is -0.421. The van der Waals surface area contributed by atoms with Crippen LogP contribution < -0.4 is 5.32 Å². The smallest absolute Gasteiger partial charge is 0.380 e. The van der Waals surface area contributed by atoms with Gasteiger partial charge in [0.25, 0.3) is 0 Å². The van der Waals surface area contributed by atoms with Gasteiger partial charge >= 0.3 is 6.18 Å². The number of rotatable bonds is 7. The number of benzene rings is 1. The van der Waals surface area contributed by atoms with Crippen molar-refractivity contribution in [2.24, 2.45) is 5.41 Å². The van der Waals surface area contributed by atoms with E-state index in [1.807, 2.05) is 14.0 Å². The number of halogens is 3. The number of aromatic nitrogens is 3. The largest absolute Gasteiger partial charge is 0.393 e. The summed E-state index contributed by atoms with van der Waals surface area (Å²) in [6.45, 7) is 4.66. The van der Waals surface area contributed by atoms with E-state index in [0.717, 1.165) is 25.7 Å². The Morgan fingerprint density at radius 2 is 1.80 bits per heavy atom. The lowest BCUT2D eigenvalue weighted by Crippen LogP contribution is -2.63. The van der Waals surface area contributed by atoms with Crippen LogP contribution in [-0.2, 0) is 16.8 Å². The van der Waals surface area contributed by atoms with Crippen LogP contribution >= 0.6 is 0 Å². The van der Waals surface area contributed by atoms with Gasteiger partial charge in [0.15, 0.2) is 0 Å². The van der Waals surface area contributed by atoms with Crippen LogP contribution in [0.15, 0.2) is 47.2 Å². The molecule has 1 unspecified atom stereocenters. The van der Waals surface area contributed by atoms with Gasteiger partial charge in [-0.2, -0.15) is 18.2 Å². The Labute approximate surface area is 231 Å². The summed E-state index contributed by atoms with van der Waals surface area (Å²) in [6, 6.07) is 7.92. The van der Waals surface area contributed by atoms with E-state index in [1.54, 1.807) is 30.6 Å². The quantitative estimate of drug-likeness (QED) is 0.438. The highest BCUT2D eigenvalue weighted by molar-refractivity contribution is 5.73. The molecule has 40 heavy (non-hydrogen) atoms. The number of nitrogens with one attached hydrogen (secondary N) is 1. The number of likely N-dealkylation sites (tertiary alicyclic amines) is 1. The maximum Gasteiger partial charge on any atom is 0.393 e. The monoisotopic (exact) mass is 557 g/mol. The van der Waals surface area contributed by atoms with Crippen LogP contribution in [0.4, 0.5) is 13.2 Å². The lowest BCUT2D eigenvalue weighted by atomic mass is 9.62. The van der Waals surface area contributed by atoms with Gasteiger partial charge in [-0.25, -0.2) is 0 Å². The maximum absolute atomic E-state index is 12.9. The number of pyridine rings is 1. The third-order valence-electron chi connectivity index (χ3n) is 8.23. The molecule has 0 bridgehead atoms. The van der Waals surface area contributed by atoms with Crippen molar-refractivity contribution < 1.29 is 27.6 Å². The topological polar surface area (TPSA) is 104 Å². The fourth-order valence-electron chi connectivity index (χ4n) is 6.38. The lowest BCUT2D eigenvalue weighted by molar-refractivity contribution is -0.128. The van der Waals surface area contributed by atoms with Gasteiger partial charge < -0.3 is 19.8 Å².